The van der Waals surface area contributed by atoms with E-state index >= 15 is 0 Å². The first kappa shape index (κ1) is 14.1. The summed E-state index contributed by atoms with van der Waals surface area (Å²) in [6.45, 7) is 0. The molecule has 1 unspecified atom stereocenters. The second-order valence-electron chi connectivity index (χ2n) is 5.39. The molecule has 0 aliphatic carbocycles. The van der Waals surface area contributed by atoms with E-state index in [4.69, 9.17) is 9.47 Å². The predicted molar refractivity (Wildman–Crippen MR) is 78.8 cm³/mol. The van der Waals surface area contributed by atoms with Crippen LogP contribution in [0.15, 0.2) is 35.2 Å². The summed E-state index contributed by atoms with van der Waals surface area (Å²) in [4.78, 5) is 12.2. The third-order valence-corrected chi connectivity index (χ3v) is 5.07. The van der Waals surface area contributed by atoms with Gasteiger partial charge in [0.15, 0.2) is 0 Å². The van der Waals surface area contributed by atoms with Gasteiger partial charge in [-0.3, -0.25) is 0 Å². The van der Waals surface area contributed by atoms with Crippen molar-refractivity contribution in [3.8, 4) is 0 Å². The van der Waals surface area contributed by atoms with E-state index < -0.39 is 0 Å². The zero-order valence-corrected chi connectivity index (χ0v) is 12.3. The molecule has 2 aliphatic heterocycles. The van der Waals surface area contributed by atoms with Gasteiger partial charge in [0.2, 0.25) is 0 Å². The normalized spacial score (nSPS) is 34.0. The minimum absolute atomic E-state index is 0.0975. The van der Waals surface area contributed by atoms with Gasteiger partial charge >= 0.3 is 0 Å². The summed E-state index contributed by atoms with van der Waals surface area (Å²) in [5, 5.41) is 0. The topological polar surface area (TPSA) is 35.5 Å². The number of hydrogen-bond acceptors (Lipinski definition) is 4. The maximum atomic E-state index is 10.9. The van der Waals surface area contributed by atoms with E-state index in [1.54, 1.807) is 11.8 Å². The minimum Gasteiger partial charge on any atom is -0.365 e. The van der Waals surface area contributed by atoms with Gasteiger partial charge in [0, 0.05) is 4.90 Å². The largest absolute Gasteiger partial charge is 0.365 e. The van der Waals surface area contributed by atoms with Crippen molar-refractivity contribution in [1.29, 1.82) is 0 Å². The van der Waals surface area contributed by atoms with E-state index in [9.17, 15) is 4.79 Å². The fourth-order valence-corrected chi connectivity index (χ4v) is 3.97. The quantitative estimate of drug-likeness (QED) is 0.800. The predicted octanol–water partition coefficient (Wildman–Crippen LogP) is 3.42. The van der Waals surface area contributed by atoms with Gasteiger partial charge in [-0.25, -0.2) is 0 Å². The van der Waals surface area contributed by atoms with Crippen LogP contribution in [0.25, 0.3) is 0 Å². The molecule has 0 amide bonds. The summed E-state index contributed by atoms with van der Waals surface area (Å²) in [7, 11) is 0. The van der Waals surface area contributed by atoms with Crippen LogP contribution in [0.1, 0.15) is 32.1 Å². The van der Waals surface area contributed by atoms with Gasteiger partial charge in [0.1, 0.15) is 17.8 Å². The Hall–Kier alpha value is -0.840. The van der Waals surface area contributed by atoms with Crippen molar-refractivity contribution in [2.45, 2.75) is 60.7 Å². The van der Waals surface area contributed by atoms with E-state index in [0.29, 0.717) is 0 Å². The van der Waals surface area contributed by atoms with Gasteiger partial charge in [0.25, 0.3) is 0 Å². The van der Waals surface area contributed by atoms with Gasteiger partial charge in [-0.2, -0.15) is 0 Å². The molecule has 3 rings (SSSR count). The van der Waals surface area contributed by atoms with E-state index in [2.05, 4.69) is 24.3 Å². The van der Waals surface area contributed by atoms with E-state index in [-0.39, 0.29) is 23.7 Å². The second kappa shape index (κ2) is 6.74. The highest BCUT2D eigenvalue weighted by molar-refractivity contribution is 7.99. The molecule has 2 heterocycles. The number of rotatable bonds is 3. The Morgan fingerprint density at radius 1 is 1.00 bits per heavy atom. The number of ether oxygens (including phenoxy) is 2. The lowest BCUT2D eigenvalue weighted by Gasteiger charge is -2.35. The molecule has 1 aromatic rings. The average Bonchev–Trinajstić information content (AvgIpc) is 2.69. The Labute approximate surface area is 124 Å². The molecule has 4 atom stereocenters. The number of carbonyl (C=O) groups excluding carboxylic acids is 1. The molecular weight excluding hydrogens is 272 g/mol. The fourth-order valence-electron chi connectivity index (χ4n) is 2.90. The van der Waals surface area contributed by atoms with Crippen molar-refractivity contribution >= 4 is 18.0 Å². The van der Waals surface area contributed by atoms with Crippen molar-refractivity contribution in [3.05, 3.63) is 30.3 Å². The zero-order chi connectivity index (χ0) is 13.8. The number of hydrogen-bond donors (Lipinski definition) is 0. The maximum absolute atomic E-state index is 10.9. The van der Waals surface area contributed by atoms with Crippen molar-refractivity contribution in [2.24, 2.45) is 0 Å². The Kier molecular flexibility index (Phi) is 4.76. The van der Waals surface area contributed by atoms with Gasteiger partial charge < -0.3 is 14.3 Å². The minimum atomic E-state index is -0.230. The van der Waals surface area contributed by atoms with E-state index in [0.717, 1.165) is 38.4 Å². The van der Waals surface area contributed by atoms with Gasteiger partial charge in [-0.05, 0) is 44.2 Å². The maximum Gasteiger partial charge on any atom is 0.148 e. The van der Waals surface area contributed by atoms with Crippen molar-refractivity contribution in [2.75, 3.05) is 0 Å². The number of fused-ring (bicyclic) bond motifs is 1. The zero-order valence-electron chi connectivity index (χ0n) is 11.4. The molecule has 1 aromatic carbocycles. The standard InChI is InChI=1S/C16H20O3S/c17-11-12-5-4-8-14-15(18-12)9-10-16(19-14)20-13-6-2-1-3-7-13/h1-3,6-7,11-12,14-16H,4-5,8-10H2/t12-,14+,15-,16?/m1/s1. The highest BCUT2D eigenvalue weighted by Gasteiger charge is 2.35. The molecule has 0 saturated carbocycles. The van der Waals surface area contributed by atoms with Crippen LogP contribution >= 0.6 is 11.8 Å². The molecule has 0 spiro atoms. The van der Waals surface area contributed by atoms with Crippen molar-refractivity contribution in [1.82, 2.24) is 0 Å². The van der Waals surface area contributed by atoms with Crippen LogP contribution in [0.5, 0.6) is 0 Å². The highest BCUT2D eigenvalue weighted by Crippen LogP contribution is 2.36. The summed E-state index contributed by atoms with van der Waals surface area (Å²) in [5.41, 5.74) is 0.204. The molecule has 20 heavy (non-hydrogen) atoms. The Morgan fingerprint density at radius 3 is 2.60 bits per heavy atom. The van der Waals surface area contributed by atoms with Gasteiger partial charge in [-0.15, -0.1) is 0 Å². The summed E-state index contributed by atoms with van der Waals surface area (Å²) < 4.78 is 12.0. The molecule has 0 bridgehead atoms. The SMILES string of the molecule is O=C[C@H]1CCC[C@@H]2OC(Sc3ccccc3)CC[C@H]2O1. The molecule has 108 valence electrons. The number of thioether (sulfide) groups is 1. The highest BCUT2D eigenvalue weighted by atomic mass is 32.2. The van der Waals surface area contributed by atoms with Crippen LogP contribution < -0.4 is 0 Å². The molecule has 2 aliphatic rings. The van der Waals surface area contributed by atoms with Gasteiger partial charge in [-0.1, -0.05) is 30.0 Å². The molecule has 0 radical (unpaired) electrons. The summed E-state index contributed by atoms with van der Waals surface area (Å²) >= 11 is 1.79. The monoisotopic (exact) mass is 292 g/mol. The lowest BCUT2D eigenvalue weighted by atomic mass is 10.0. The number of aldehydes is 1. The van der Waals surface area contributed by atoms with Crippen LogP contribution in [-0.2, 0) is 14.3 Å². The summed E-state index contributed by atoms with van der Waals surface area (Å²) in [6.07, 6.45) is 5.76. The van der Waals surface area contributed by atoms with E-state index in [1.807, 2.05) is 6.07 Å². The molecule has 3 nitrogen and oxygen atoms in total. The first-order valence-electron chi connectivity index (χ1n) is 7.33. The Balaban J connectivity index is 1.59. The second-order valence-corrected chi connectivity index (χ2v) is 6.63. The third-order valence-electron chi connectivity index (χ3n) is 3.92. The third kappa shape index (κ3) is 3.43. The number of benzene rings is 1. The Bertz CT molecular complexity index is 437. The Morgan fingerprint density at radius 2 is 1.80 bits per heavy atom. The first-order chi connectivity index (χ1) is 9.85. The van der Waals surface area contributed by atoms with Crippen LogP contribution in [0.4, 0.5) is 0 Å². The fraction of sp³-hybridized carbons (Fsp3) is 0.562. The molecule has 2 saturated heterocycles. The smallest absolute Gasteiger partial charge is 0.148 e. The van der Waals surface area contributed by atoms with Crippen LogP contribution in [0.2, 0.25) is 0 Å². The molecule has 0 aromatic heterocycles. The van der Waals surface area contributed by atoms with Gasteiger partial charge in [0.05, 0.1) is 12.2 Å². The van der Waals surface area contributed by atoms with Crippen LogP contribution in [0, 0.1) is 0 Å². The molecular formula is C16H20O3S. The number of carbonyl (C=O) groups is 1. The molecule has 4 heteroatoms. The summed E-state index contributed by atoms with van der Waals surface area (Å²) in [5.74, 6) is 0. The lowest BCUT2D eigenvalue weighted by Crippen LogP contribution is -2.39. The lowest BCUT2D eigenvalue weighted by molar-refractivity contribution is -0.141. The average molecular weight is 292 g/mol. The van der Waals surface area contributed by atoms with E-state index in [1.165, 1.54) is 4.90 Å². The van der Waals surface area contributed by atoms with Crippen molar-refractivity contribution in [3.63, 3.8) is 0 Å². The summed E-state index contributed by atoms with van der Waals surface area (Å²) in [6, 6.07) is 10.4. The van der Waals surface area contributed by atoms with Crippen LogP contribution in [-0.4, -0.2) is 30.0 Å². The van der Waals surface area contributed by atoms with Crippen molar-refractivity contribution < 1.29 is 14.3 Å². The van der Waals surface area contributed by atoms with Crippen LogP contribution in [0.3, 0.4) is 0 Å². The molecule has 2 fully saturated rings. The first-order valence-corrected chi connectivity index (χ1v) is 8.21. The molecule has 0 N–H and O–H groups in total.